The van der Waals surface area contributed by atoms with Gasteiger partial charge in [0, 0.05) is 24.3 Å². The third-order valence-electron chi connectivity index (χ3n) is 3.24. The molecule has 1 heterocycles. The molecule has 1 aromatic carbocycles. The lowest BCUT2D eigenvalue weighted by molar-refractivity contribution is 0.600. The van der Waals surface area contributed by atoms with Gasteiger partial charge in [-0.15, -0.1) is 0 Å². The van der Waals surface area contributed by atoms with E-state index in [2.05, 4.69) is 49.4 Å². The molecule has 2 rings (SSSR count). The Labute approximate surface area is 109 Å². The Bertz CT molecular complexity index is 502. The van der Waals surface area contributed by atoms with E-state index in [1.807, 2.05) is 10.9 Å². The zero-order chi connectivity index (χ0) is 13.0. The summed E-state index contributed by atoms with van der Waals surface area (Å²) in [7, 11) is 0. The first kappa shape index (κ1) is 12.8. The molecule has 2 N–H and O–H groups in total. The highest BCUT2D eigenvalue weighted by Gasteiger charge is 2.10. The van der Waals surface area contributed by atoms with E-state index in [1.54, 1.807) is 0 Å². The summed E-state index contributed by atoms with van der Waals surface area (Å²) >= 11 is 0. The van der Waals surface area contributed by atoms with Crippen LogP contribution in [0.3, 0.4) is 0 Å². The van der Waals surface area contributed by atoms with Gasteiger partial charge in [0.2, 0.25) is 0 Å². The Hall–Kier alpha value is -1.61. The van der Waals surface area contributed by atoms with Crippen LogP contribution in [-0.4, -0.2) is 9.78 Å². The number of aryl methyl sites for hydroxylation is 2. The summed E-state index contributed by atoms with van der Waals surface area (Å²) in [6.07, 6.45) is 5.91. The molecule has 0 saturated heterocycles. The first-order valence-electron chi connectivity index (χ1n) is 6.53. The molecule has 3 heteroatoms. The van der Waals surface area contributed by atoms with Crippen LogP contribution in [0.25, 0.3) is 0 Å². The maximum atomic E-state index is 6.25. The van der Waals surface area contributed by atoms with E-state index in [0.29, 0.717) is 0 Å². The summed E-state index contributed by atoms with van der Waals surface area (Å²) in [4.78, 5) is 0. The topological polar surface area (TPSA) is 43.8 Å². The van der Waals surface area contributed by atoms with E-state index in [9.17, 15) is 0 Å². The number of aromatic nitrogens is 2. The normalized spacial score (nSPS) is 12.6. The number of nitrogens with zero attached hydrogens (tertiary/aromatic N) is 2. The molecule has 0 saturated carbocycles. The molecule has 0 aliphatic rings. The molecule has 0 aliphatic heterocycles. The van der Waals surface area contributed by atoms with Gasteiger partial charge in [-0.3, -0.25) is 4.68 Å². The van der Waals surface area contributed by atoms with Gasteiger partial charge in [0.15, 0.2) is 0 Å². The van der Waals surface area contributed by atoms with Crippen molar-refractivity contribution in [3.05, 3.63) is 53.3 Å². The molecule has 96 valence electrons. The van der Waals surface area contributed by atoms with Crippen molar-refractivity contribution >= 4 is 0 Å². The molecule has 0 radical (unpaired) electrons. The molecule has 1 aromatic heterocycles. The van der Waals surface area contributed by atoms with Crippen LogP contribution in [0.4, 0.5) is 0 Å². The first-order chi connectivity index (χ1) is 8.70. The average Bonchev–Trinajstić information content (AvgIpc) is 2.81. The van der Waals surface area contributed by atoms with Gasteiger partial charge in [-0.2, -0.15) is 5.10 Å². The van der Waals surface area contributed by atoms with Crippen molar-refractivity contribution in [3.8, 4) is 0 Å². The SMILES string of the molecule is CCCn1cc(C(N)Cc2ccccc2C)cn1. The van der Waals surface area contributed by atoms with Crippen molar-refractivity contribution < 1.29 is 0 Å². The van der Waals surface area contributed by atoms with Gasteiger partial charge < -0.3 is 5.73 Å². The van der Waals surface area contributed by atoms with Crippen molar-refractivity contribution in [2.45, 2.75) is 39.3 Å². The summed E-state index contributed by atoms with van der Waals surface area (Å²) in [6, 6.07) is 8.42. The second-order valence-electron chi connectivity index (χ2n) is 4.77. The highest BCUT2D eigenvalue weighted by atomic mass is 15.3. The van der Waals surface area contributed by atoms with E-state index in [-0.39, 0.29) is 6.04 Å². The van der Waals surface area contributed by atoms with Gasteiger partial charge in [0.1, 0.15) is 0 Å². The van der Waals surface area contributed by atoms with Crippen molar-refractivity contribution in [2.24, 2.45) is 5.73 Å². The molecule has 3 nitrogen and oxygen atoms in total. The number of hydrogen-bond donors (Lipinski definition) is 1. The molecule has 1 unspecified atom stereocenters. The second kappa shape index (κ2) is 5.83. The molecule has 2 aromatic rings. The number of nitrogens with two attached hydrogens (primary N) is 1. The summed E-state index contributed by atoms with van der Waals surface area (Å²) in [5.41, 5.74) is 9.98. The van der Waals surface area contributed by atoms with Crippen LogP contribution >= 0.6 is 0 Å². The van der Waals surface area contributed by atoms with Crippen molar-refractivity contribution in [1.29, 1.82) is 0 Å². The van der Waals surface area contributed by atoms with Crippen LogP contribution in [-0.2, 0) is 13.0 Å². The number of rotatable bonds is 5. The summed E-state index contributed by atoms with van der Waals surface area (Å²) in [5, 5.41) is 4.33. The zero-order valence-electron chi connectivity index (χ0n) is 11.1. The van der Waals surface area contributed by atoms with E-state index in [4.69, 9.17) is 5.73 Å². The molecule has 0 amide bonds. The second-order valence-corrected chi connectivity index (χ2v) is 4.77. The van der Waals surface area contributed by atoms with Crippen LogP contribution in [0.15, 0.2) is 36.7 Å². The minimum atomic E-state index is 0.0247. The largest absolute Gasteiger partial charge is 0.324 e. The summed E-state index contributed by atoms with van der Waals surface area (Å²) < 4.78 is 1.97. The van der Waals surface area contributed by atoms with Crippen molar-refractivity contribution in [3.63, 3.8) is 0 Å². The van der Waals surface area contributed by atoms with E-state index in [0.717, 1.165) is 24.9 Å². The van der Waals surface area contributed by atoms with E-state index >= 15 is 0 Å². The Morgan fingerprint density at radius 2 is 2.11 bits per heavy atom. The fourth-order valence-electron chi connectivity index (χ4n) is 2.12. The minimum absolute atomic E-state index is 0.0247. The minimum Gasteiger partial charge on any atom is -0.324 e. The van der Waals surface area contributed by atoms with E-state index in [1.165, 1.54) is 11.1 Å². The Morgan fingerprint density at radius 3 is 2.83 bits per heavy atom. The maximum absolute atomic E-state index is 6.25. The molecule has 0 spiro atoms. The van der Waals surface area contributed by atoms with Crippen LogP contribution < -0.4 is 5.73 Å². The zero-order valence-corrected chi connectivity index (χ0v) is 11.1. The van der Waals surface area contributed by atoms with Crippen LogP contribution in [0.2, 0.25) is 0 Å². The summed E-state index contributed by atoms with van der Waals surface area (Å²) in [6.45, 7) is 5.23. The smallest absolute Gasteiger partial charge is 0.0537 e. The molecular weight excluding hydrogens is 222 g/mol. The van der Waals surface area contributed by atoms with Gasteiger partial charge >= 0.3 is 0 Å². The Morgan fingerprint density at radius 1 is 1.33 bits per heavy atom. The highest BCUT2D eigenvalue weighted by Crippen LogP contribution is 2.18. The molecule has 0 bridgehead atoms. The Kier molecular flexibility index (Phi) is 4.15. The van der Waals surface area contributed by atoms with Crippen LogP contribution in [0, 0.1) is 6.92 Å². The predicted molar refractivity (Wildman–Crippen MR) is 74.3 cm³/mol. The van der Waals surface area contributed by atoms with Gasteiger partial charge in [-0.1, -0.05) is 31.2 Å². The number of hydrogen-bond acceptors (Lipinski definition) is 2. The van der Waals surface area contributed by atoms with Crippen molar-refractivity contribution in [2.75, 3.05) is 0 Å². The molecular formula is C15H21N3. The third-order valence-corrected chi connectivity index (χ3v) is 3.24. The molecule has 0 fully saturated rings. The summed E-state index contributed by atoms with van der Waals surface area (Å²) in [5.74, 6) is 0. The monoisotopic (exact) mass is 243 g/mol. The molecule has 18 heavy (non-hydrogen) atoms. The van der Waals surface area contributed by atoms with Crippen LogP contribution in [0.1, 0.15) is 36.1 Å². The molecule has 1 atom stereocenters. The van der Waals surface area contributed by atoms with Crippen LogP contribution in [0.5, 0.6) is 0 Å². The highest BCUT2D eigenvalue weighted by molar-refractivity contribution is 5.27. The lowest BCUT2D eigenvalue weighted by Gasteiger charge is -2.11. The van der Waals surface area contributed by atoms with E-state index < -0.39 is 0 Å². The molecule has 0 aliphatic carbocycles. The number of benzene rings is 1. The lowest BCUT2D eigenvalue weighted by Crippen LogP contribution is -2.13. The quantitative estimate of drug-likeness (QED) is 0.877. The lowest BCUT2D eigenvalue weighted by atomic mass is 9.99. The fraction of sp³-hybridized carbons (Fsp3) is 0.400. The van der Waals surface area contributed by atoms with Gasteiger partial charge in [-0.25, -0.2) is 0 Å². The van der Waals surface area contributed by atoms with Crippen molar-refractivity contribution in [1.82, 2.24) is 9.78 Å². The van der Waals surface area contributed by atoms with Gasteiger partial charge in [-0.05, 0) is 30.9 Å². The van der Waals surface area contributed by atoms with Gasteiger partial charge in [0.05, 0.1) is 6.20 Å². The average molecular weight is 243 g/mol. The predicted octanol–water partition coefficient (Wildman–Crippen LogP) is 2.84. The fourth-order valence-corrected chi connectivity index (χ4v) is 2.12. The maximum Gasteiger partial charge on any atom is 0.0537 e. The van der Waals surface area contributed by atoms with Gasteiger partial charge in [0.25, 0.3) is 0 Å². The Balaban J connectivity index is 2.07. The standard InChI is InChI=1S/C15H21N3/c1-3-8-18-11-14(10-17-18)15(16)9-13-7-5-4-6-12(13)2/h4-7,10-11,15H,3,8-9,16H2,1-2H3. The first-order valence-corrected chi connectivity index (χ1v) is 6.53. The third kappa shape index (κ3) is 2.99.